The zero-order valence-electron chi connectivity index (χ0n) is 13.7. The summed E-state index contributed by atoms with van der Waals surface area (Å²) >= 11 is 0. The fourth-order valence-electron chi connectivity index (χ4n) is 2.54. The highest BCUT2D eigenvalue weighted by molar-refractivity contribution is 5.74. The van der Waals surface area contributed by atoms with E-state index in [9.17, 15) is 4.79 Å². The molecule has 1 radical (unpaired) electrons. The van der Waals surface area contributed by atoms with Crippen molar-refractivity contribution in [3.8, 4) is 16.9 Å². The van der Waals surface area contributed by atoms with E-state index in [0.717, 1.165) is 16.8 Å². The van der Waals surface area contributed by atoms with Crippen LogP contribution in [0.2, 0.25) is 0 Å². The molecular formula is C17H21N4O3. The van der Waals surface area contributed by atoms with Gasteiger partial charge in [0.05, 0.1) is 25.5 Å². The largest absolute Gasteiger partial charge is 0.492 e. The molecule has 1 aliphatic heterocycles. The van der Waals surface area contributed by atoms with Crippen LogP contribution in [0.4, 0.5) is 4.79 Å². The van der Waals surface area contributed by atoms with E-state index in [2.05, 4.69) is 21.6 Å². The lowest BCUT2D eigenvalue weighted by atomic mass is 10.1. The van der Waals surface area contributed by atoms with Gasteiger partial charge in [-0.3, -0.25) is 5.10 Å². The molecule has 1 aromatic heterocycles. The van der Waals surface area contributed by atoms with Gasteiger partial charge in [0, 0.05) is 24.8 Å². The van der Waals surface area contributed by atoms with E-state index in [4.69, 9.17) is 9.47 Å². The monoisotopic (exact) mass is 329 g/mol. The van der Waals surface area contributed by atoms with Gasteiger partial charge in [0.2, 0.25) is 0 Å². The third-order valence-electron chi connectivity index (χ3n) is 3.85. The number of urea groups is 1. The molecule has 2 heterocycles. The summed E-state index contributed by atoms with van der Waals surface area (Å²) in [6.07, 6.45) is 1.85. The first-order chi connectivity index (χ1) is 11.7. The molecule has 7 heteroatoms. The standard InChI is InChI=1S/C17H21N4O3/c1-13-16(12-19-20-13)14-3-2-4-15(11-14)24-8-5-18-17(22)21-6-9-23-10-7-21/h3-4,11-12H,5-10H2,1H3,(H,18,22)(H,19,20). The summed E-state index contributed by atoms with van der Waals surface area (Å²) in [7, 11) is 0. The third kappa shape index (κ3) is 4.05. The van der Waals surface area contributed by atoms with Crippen LogP contribution in [0.25, 0.3) is 11.1 Å². The molecule has 3 rings (SSSR count). The average molecular weight is 329 g/mol. The maximum atomic E-state index is 11.9. The summed E-state index contributed by atoms with van der Waals surface area (Å²) in [5, 5.41) is 9.82. The SMILES string of the molecule is Cc1n[nH]cc1-c1c[c]cc(OCCNC(=O)N2CCOCC2)c1. The lowest BCUT2D eigenvalue weighted by Crippen LogP contribution is -2.47. The number of aryl methyl sites for hydroxylation is 1. The summed E-state index contributed by atoms with van der Waals surface area (Å²) < 4.78 is 10.9. The van der Waals surface area contributed by atoms with Crippen molar-refractivity contribution in [2.45, 2.75) is 6.92 Å². The molecule has 0 aliphatic carbocycles. The first-order valence-electron chi connectivity index (χ1n) is 7.99. The van der Waals surface area contributed by atoms with E-state index in [-0.39, 0.29) is 6.03 Å². The van der Waals surface area contributed by atoms with Crippen molar-refractivity contribution in [3.05, 3.63) is 36.2 Å². The Morgan fingerprint density at radius 2 is 2.29 bits per heavy atom. The number of rotatable bonds is 5. The lowest BCUT2D eigenvalue weighted by molar-refractivity contribution is 0.0530. The van der Waals surface area contributed by atoms with E-state index >= 15 is 0 Å². The summed E-state index contributed by atoms with van der Waals surface area (Å²) in [6.45, 7) is 5.25. The van der Waals surface area contributed by atoms with Crippen LogP contribution in [-0.4, -0.2) is 60.6 Å². The van der Waals surface area contributed by atoms with Gasteiger partial charge in [0.15, 0.2) is 0 Å². The van der Waals surface area contributed by atoms with E-state index in [0.29, 0.717) is 45.2 Å². The molecule has 1 aromatic carbocycles. The number of hydrogen-bond acceptors (Lipinski definition) is 4. The molecule has 0 unspecified atom stereocenters. The van der Waals surface area contributed by atoms with Crippen LogP contribution in [0, 0.1) is 13.0 Å². The second kappa shape index (κ2) is 7.83. The minimum Gasteiger partial charge on any atom is -0.492 e. The third-order valence-corrected chi connectivity index (χ3v) is 3.85. The Morgan fingerprint density at radius 3 is 3.04 bits per heavy atom. The van der Waals surface area contributed by atoms with Gasteiger partial charge in [0.25, 0.3) is 0 Å². The Bertz CT molecular complexity index is 680. The second-order valence-electron chi connectivity index (χ2n) is 5.52. The van der Waals surface area contributed by atoms with Gasteiger partial charge in [-0.1, -0.05) is 0 Å². The van der Waals surface area contributed by atoms with Gasteiger partial charge < -0.3 is 19.7 Å². The molecule has 0 spiro atoms. The minimum absolute atomic E-state index is 0.0729. The van der Waals surface area contributed by atoms with Crippen LogP contribution in [0.1, 0.15) is 5.69 Å². The Hall–Kier alpha value is -2.54. The highest BCUT2D eigenvalue weighted by Crippen LogP contribution is 2.24. The number of ether oxygens (including phenoxy) is 2. The molecule has 0 atom stereocenters. The number of amides is 2. The van der Waals surface area contributed by atoms with Gasteiger partial charge in [-0.2, -0.15) is 5.10 Å². The number of morpholine rings is 1. The van der Waals surface area contributed by atoms with Crippen molar-refractivity contribution in [2.75, 3.05) is 39.5 Å². The van der Waals surface area contributed by atoms with Crippen molar-refractivity contribution in [1.29, 1.82) is 0 Å². The summed E-state index contributed by atoms with van der Waals surface area (Å²) in [5.74, 6) is 0.716. The predicted octanol–water partition coefficient (Wildman–Crippen LogP) is 1.61. The minimum atomic E-state index is -0.0729. The number of aromatic amines is 1. The number of H-pyrrole nitrogens is 1. The van der Waals surface area contributed by atoms with Crippen molar-refractivity contribution in [2.24, 2.45) is 0 Å². The van der Waals surface area contributed by atoms with Gasteiger partial charge >= 0.3 is 6.03 Å². The lowest BCUT2D eigenvalue weighted by Gasteiger charge is -2.26. The van der Waals surface area contributed by atoms with Crippen LogP contribution in [-0.2, 0) is 4.74 Å². The molecule has 1 saturated heterocycles. The topological polar surface area (TPSA) is 79.5 Å². The van der Waals surface area contributed by atoms with E-state index < -0.39 is 0 Å². The number of aromatic nitrogens is 2. The summed E-state index contributed by atoms with van der Waals surface area (Å²) in [4.78, 5) is 13.7. The molecule has 2 aromatic rings. The van der Waals surface area contributed by atoms with Crippen LogP contribution in [0.5, 0.6) is 5.75 Å². The molecule has 24 heavy (non-hydrogen) atoms. The Balaban J connectivity index is 1.47. The van der Waals surface area contributed by atoms with Crippen molar-refractivity contribution in [3.63, 3.8) is 0 Å². The highest BCUT2D eigenvalue weighted by atomic mass is 16.5. The maximum absolute atomic E-state index is 11.9. The van der Waals surface area contributed by atoms with Crippen LogP contribution >= 0.6 is 0 Å². The predicted molar refractivity (Wildman–Crippen MR) is 88.9 cm³/mol. The Labute approximate surface area is 140 Å². The number of nitrogens with zero attached hydrogens (tertiary/aromatic N) is 2. The Kier molecular flexibility index (Phi) is 5.32. The molecule has 127 valence electrons. The van der Waals surface area contributed by atoms with Crippen LogP contribution in [0.15, 0.2) is 24.4 Å². The average Bonchev–Trinajstić information content (AvgIpc) is 3.05. The molecule has 2 N–H and O–H groups in total. The number of benzene rings is 1. The number of nitrogens with one attached hydrogen (secondary N) is 2. The fourth-order valence-corrected chi connectivity index (χ4v) is 2.54. The molecule has 1 aliphatic rings. The first kappa shape index (κ1) is 16.3. The van der Waals surface area contributed by atoms with Crippen molar-refractivity contribution >= 4 is 6.03 Å². The quantitative estimate of drug-likeness (QED) is 0.817. The van der Waals surface area contributed by atoms with Crippen LogP contribution < -0.4 is 10.1 Å². The normalized spacial score (nSPS) is 14.5. The zero-order chi connectivity index (χ0) is 16.8. The van der Waals surface area contributed by atoms with Crippen molar-refractivity contribution in [1.82, 2.24) is 20.4 Å². The van der Waals surface area contributed by atoms with E-state index in [1.807, 2.05) is 25.3 Å². The summed E-state index contributed by atoms with van der Waals surface area (Å²) in [6, 6.07) is 8.61. The zero-order valence-corrected chi connectivity index (χ0v) is 13.7. The maximum Gasteiger partial charge on any atom is 0.317 e. The van der Waals surface area contributed by atoms with Gasteiger partial charge in [-0.25, -0.2) is 4.79 Å². The highest BCUT2D eigenvalue weighted by Gasteiger charge is 2.15. The molecular weight excluding hydrogens is 308 g/mol. The second-order valence-corrected chi connectivity index (χ2v) is 5.52. The molecule has 7 nitrogen and oxygen atoms in total. The Morgan fingerprint density at radius 1 is 1.46 bits per heavy atom. The van der Waals surface area contributed by atoms with Crippen molar-refractivity contribution < 1.29 is 14.3 Å². The summed E-state index contributed by atoms with van der Waals surface area (Å²) in [5.41, 5.74) is 2.95. The van der Waals surface area contributed by atoms with E-state index in [1.54, 1.807) is 11.0 Å². The smallest absolute Gasteiger partial charge is 0.317 e. The molecule has 0 saturated carbocycles. The van der Waals surface area contributed by atoms with E-state index in [1.165, 1.54) is 0 Å². The number of carbonyl (C=O) groups is 1. The first-order valence-corrected chi connectivity index (χ1v) is 7.99. The number of hydrogen-bond donors (Lipinski definition) is 2. The molecule has 1 fully saturated rings. The van der Waals surface area contributed by atoms with Gasteiger partial charge in [-0.05, 0) is 36.8 Å². The van der Waals surface area contributed by atoms with Gasteiger partial charge in [0.1, 0.15) is 12.4 Å². The fraction of sp³-hybridized carbons (Fsp3) is 0.412. The van der Waals surface area contributed by atoms with Gasteiger partial charge in [-0.15, -0.1) is 0 Å². The number of carbonyl (C=O) groups excluding carboxylic acids is 1. The molecule has 2 amide bonds. The molecule has 0 bridgehead atoms. The van der Waals surface area contributed by atoms with Crippen LogP contribution in [0.3, 0.4) is 0 Å².